The zero-order valence-corrected chi connectivity index (χ0v) is 8.93. The minimum absolute atomic E-state index is 0.437. The standard InChI is InChI=1S/C10H12N2O4/c1-15-7-3-4-9(16-2)8(5-7)12-10(13)6-11-14/h3-6,14H,1-2H3,(H,12,13)/b11-6+. The number of amides is 1. The van der Waals surface area contributed by atoms with Gasteiger partial charge in [0.25, 0.3) is 5.91 Å². The van der Waals surface area contributed by atoms with Crippen molar-refractivity contribution in [2.45, 2.75) is 0 Å². The first-order chi connectivity index (χ1) is 7.71. The van der Waals surface area contributed by atoms with E-state index in [-0.39, 0.29) is 0 Å². The Morgan fingerprint density at radius 1 is 1.44 bits per heavy atom. The summed E-state index contributed by atoms with van der Waals surface area (Å²) in [7, 11) is 3.00. The number of ether oxygens (including phenoxy) is 2. The molecule has 1 rings (SSSR count). The zero-order valence-electron chi connectivity index (χ0n) is 8.93. The van der Waals surface area contributed by atoms with Gasteiger partial charge in [0, 0.05) is 6.07 Å². The molecule has 0 heterocycles. The third kappa shape index (κ3) is 2.88. The molecule has 1 aromatic carbocycles. The molecular weight excluding hydrogens is 212 g/mol. The summed E-state index contributed by atoms with van der Waals surface area (Å²) in [5, 5.41) is 13.3. The monoisotopic (exact) mass is 224 g/mol. The minimum Gasteiger partial charge on any atom is -0.497 e. The van der Waals surface area contributed by atoms with E-state index in [9.17, 15) is 4.79 Å². The first kappa shape index (κ1) is 11.8. The number of nitrogens with zero attached hydrogens (tertiary/aromatic N) is 1. The van der Waals surface area contributed by atoms with Crippen molar-refractivity contribution in [3.63, 3.8) is 0 Å². The van der Waals surface area contributed by atoms with E-state index >= 15 is 0 Å². The lowest BCUT2D eigenvalue weighted by atomic mass is 10.2. The summed E-state index contributed by atoms with van der Waals surface area (Å²) in [6.45, 7) is 0. The van der Waals surface area contributed by atoms with Crippen molar-refractivity contribution < 1.29 is 19.5 Å². The second-order valence-electron chi connectivity index (χ2n) is 2.80. The Kier molecular flexibility index (Phi) is 4.14. The van der Waals surface area contributed by atoms with Gasteiger partial charge in [-0.3, -0.25) is 4.79 Å². The summed E-state index contributed by atoms with van der Waals surface area (Å²) < 4.78 is 10.1. The maximum absolute atomic E-state index is 11.2. The van der Waals surface area contributed by atoms with E-state index in [1.165, 1.54) is 14.2 Å². The maximum Gasteiger partial charge on any atom is 0.270 e. The molecule has 0 fully saturated rings. The van der Waals surface area contributed by atoms with Crippen LogP contribution in [0.3, 0.4) is 0 Å². The first-order valence-corrected chi connectivity index (χ1v) is 4.41. The Labute approximate surface area is 92.5 Å². The van der Waals surface area contributed by atoms with E-state index in [4.69, 9.17) is 14.7 Å². The van der Waals surface area contributed by atoms with Gasteiger partial charge in [0.15, 0.2) is 0 Å². The molecule has 0 aliphatic carbocycles. The van der Waals surface area contributed by atoms with E-state index in [0.717, 1.165) is 6.21 Å². The molecule has 1 amide bonds. The number of hydrogen-bond acceptors (Lipinski definition) is 5. The largest absolute Gasteiger partial charge is 0.497 e. The fraction of sp³-hybridized carbons (Fsp3) is 0.200. The van der Waals surface area contributed by atoms with Gasteiger partial charge in [-0.1, -0.05) is 5.16 Å². The molecule has 86 valence electrons. The first-order valence-electron chi connectivity index (χ1n) is 4.41. The molecule has 0 saturated carbocycles. The highest BCUT2D eigenvalue weighted by molar-refractivity contribution is 6.31. The lowest BCUT2D eigenvalue weighted by Crippen LogP contribution is -2.13. The Hall–Kier alpha value is -2.24. The van der Waals surface area contributed by atoms with E-state index in [2.05, 4.69) is 10.5 Å². The molecule has 0 unspecified atom stereocenters. The third-order valence-electron chi connectivity index (χ3n) is 1.84. The number of nitrogens with one attached hydrogen (secondary N) is 1. The number of oxime groups is 1. The molecule has 0 spiro atoms. The number of anilines is 1. The summed E-state index contributed by atoms with van der Waals surface area (Å²) in [4.78, 5) is 11.2. The molecule has 0 radical (unpaired) electrons. The van der Waals surface area contributed by atoms with E-state index < -0.39 is 5.91 Å². The van der Waals surface area contributed by atoms with Crippen LogP contribution in [0.2, 0.25) is 0 Å². The summed E-state index contributed by atoms with van der Waals surface area (Å²) in [5.41, 5.74) is 0.437. The fourth-order valence-corrected chi connectivity index (χ4v) is 1.13. The van der Waals surface area contributed by atoms with Gasteiger partial charge in [-0.05, 0) is 12.1 Å². The van der Waals surface area contributed by atoms with Crippen LogP contribution >= 0.6 is 0 Å². The van der Waals surface area contributed by atoms with Gasteiger partial charge in [-0.2, -0.15) is 0 Å². The van der Waals surface area contributed by atoms with E-state index in [1.54, 1.807) is 18.2 Å². The lowest BCUT2D eigenvalue weighted by molar-refractivity contribution is -0.110. The zero-order chi connectivity index (χ0) is 12.0. The maximum atomic E-state index is 11.2. The minimum atomic E-state index is -0.561. The van der Waals surface area contributed by atoms with Crippen molar-refractivity contribution in [1.29, 1.82) is 0 Å². The molecule has 1 aromatic rings. The molecule has 6 heteroatoms. The van der Waals surface area contributed by atoms with Crippen molar-refractivity contribution in [3.8, 4) is 11.5 Å². The molecule has 0 aliphatic heterocycles. The van der Waals surface area contributed by atoms with Crippen LogP contribution in [0.1, 0.15) is 0 Å². The molecule has 0 atom stereocenters. The van der Waals surface area contributed by atoms with Crippen molar-refractivity contribution in [2.75, 3.05) is 19.5 Å². The molecule has 0 aliphatic rings. The third-order valence-corrected chi connectivity index (χ3v) is 1.84. The summed E-state index contributed by atoms with van der Waals surface area (Å²) in [6, 6.07) is 4.96. The predicted octanol–water partition coefficient (Wildman–Crippen LogP) is 1.10. The Balaban J connectivity index is 2.95. The number of hydrogen-bond donors (Lipinski definition) is 2. The highest BCUT2D eigenvalue weighted by Crippen LogP contribution is 2.28. The van der Waals surface area contributed by atoms with Crippen LogP contribution in [-0.2, 0) is 4.79 Å². The fourth-order valence-electron chi connectivity index (χ4n) is 1.13. The Bertz CT molecular complexity index is 404. The van der Waals surface area contributed by atoms with Gasteiger partial charge in [-0.15, -0.1) is 0 Å². The van der Waals surface area contributed by atoms with Crippen LogP contribution in [0.25, 0.3) is 0 Å². The van der Waals surface area contributed by atoms with Crippen molar-refractivity contribution in [2.24, 2.45) is 5.16 Å². The van der Waals surface area contributed by atoms with Gasteiger partial charge in [0.05, 0.1) is 19.9 Å². The molecular formula is C10H12N2O4. The summed E-state index contributed by atoms with van der Waals surface area (Å²) >= 11 is 0. The number of carbonyl (C=O) groups excluding carboxylic acids is 1. The van der Waals surface area contributed by atoms with Crippen LogP contribution in [0.5, 0.6) is 11.5 Å². The van der Waals surface area contributed by atoms with E-state index in [0.29, 0.717) is 17.2 Å². The smallest absolute Gasteiger partial charge is 0.270 e. The van der Waals surface area contributed by atoms with Gasteiger partial charge in [0.1, 0.15) is 17.7 Å². The second-order valence-corrected chi connectivity index (χ2v) is 2.80. The highest BCUT2D eigenvalue weighted by Gasteiger charge is 2.07. The SMILES string of the molecule is COc1ccc(OC)c(NC(=O)/C=N/O)c1. The average molecular weight is 224 g/mol. The summed E-state index contributed by atoms with van der Waals surface area (Å²) in [5.74, 6) is 0.506. The Morgan fingerprint density at radius 3 is 2.75 bits per heavy atom. The lowest BCUT2D eigenvalue weighted by Gasteiger charge is -2.10. The number of rotatable bonds is 4. The quantitative estimate of drug-likeness (QED) is 0.456. The molecule has 0 aromatic heterocycles. The second kappa shape index (κ2) is 5.59. The van der Waals surface area contributed by atoms with Crippen LogP contribution in [0.15, 0.2) is 23.4 Å². The van der Waals surface area contributed by atoms with Crippen molar-refractivity contribution in [3.05, 3.63) is 18.2 Å². The number of methoxy groups -OCH3 is 2. The molecule has 0 saturated heterocycles. The highest BCUT2D eigenvalue weighted by atomic mass is 16.5. The van der Waals surface area contributed by atoms with Gasteiger partial charge < -0.3 is 20.0 Å². The summed E-state index contributed by atoms with van der Waals surface area (Å²) in [6.07, 6.45) is 0.749. The molecule has 16 heavy (non-hydrogen) atoms. The van der Waals surface area contributed by atoms with Crippen LogP contribution in [-0.4, -0.2) is 31.5 Å². The van der Waals surface area contributed by atoms with Crippen molar-refractivity contribution >= 4 is 17.8 Å². The van der Waals surface area contributed by atoms with Crippen LogP contribution < -0.4 is 14.8 Å². The van der Waals surface area contributed by atoms with Crippen LogP contribution in [0, 0.1) is 0 Å². The molecule has 0 bridgehead atoms. The number of carbonyl (C=O) groups is 1. The topological polar surface area (TPSA) is 80.2 Å². The van der Waals surface area contributed by atoms with E-state index in [1.807, 2.05) is 0 Å². The number of benzene rings is 1. The van der Waals surface area contributed by atoms with Crippen LogP contribution in [0.4, 0.5) is 5.69 Å². The average Bonchev–Trinajstić information content (AvgIpc) is 2.29. The van der Waals surface area contributed by atoms with Gasteiger partial charge in [-0.25, -0.2) is 0 Å². The Morgan fingerprint density at radius 2 is 2.19 bits per heavy atom. The van der Waals surface area contributed by atoms with Crippen molar-refractivity contribution in [1.82, 2.24) is 0 Å². The molecule has 2 N–H and O–H groups in total. The molecule has 6 nitrogen and oxygen atoms in total. The van der Waals surface area contributed by atoms with Gasteiger partial charge >= 0.3 is 0 Å². The van der Waals surface area contributed by atoms with Gasteiger partial charge in [0.2, 0.25) is 0 Å². The normalized spacial score (nSPS) is 10.1. The predicted molar refractivity (Wildman–Crippen MR) is 58.5 cm³/mol.